The summed E-state index contributed by atoms with van der Waals surface area (Å²) in [6, 6.07) is 0. The molecule has 1 saturated carbocycles. The minimum absolute atomic E-state index is 0.346. The summed E-state index contributed by atoms with van der Waals surface area (Å²) >= 11 is 0. The number of ether oxygens (including phenoxy) is 1. The fraction of sp³-hybridized carbons (Fsp3) is 0.550. The minimum atomic E-state index is -0.380. The molecule has 2 aliphatic carbocycles. The van der Waals surface area contributed by atoms with E-state index in [9.17, 15) is 4.79 Å². The van der Waals surface area contributed by atoms with Crippen LogP contribution in [-0.4, -0.2) is 29.1 Å². The molecule has 1 aromatic heterocycles. The van der Waals surface area contributed by atoms with E-state index >= 15 is 0 Å². The van der Waals surface area contributed by atoms with E-state index in [2.05, 4.69) is 39.6 Å². The lowest BCUT2D eigenvalue weighted by Gasteiger charge is -2.40. The van der Waals surface area contributed by atoms with Gasteiger partial charge in [-0.25, -0.2) is 14.8 Å². The number of nitrogens with one attached hydrogen (secondary N) is 1. The van der Waals surface area contributed by atoms with Crippen LogP contribution in [0.1, 0.15) is 48.1 Å². The van der Waals surface area contributed by atoms with Crippen molar-refractivity contribution in [1.29, 1.82) is 0 Å². The van der Waals surface area contributed by atoms with Crippen LogP contribution in [0.25, 0.3) is 0 Å². The Morgan fingerprint density at radius 1 is 1.28 bits per heavy atom. The Morgan fingerprint density at radius 3 is 2.76 bits per heavy atom. The first-order valence-corrected chi connectivity index (χ1v) is 9.18. The van der Waals surface area contributed by atoms with Gasteiger partial charge in [-0.1, -0.05) is 24.3 Å². The van der Waals surface area contributed by atoms with Crippen LogP contribution in [-0.2, 0) is 4.74 Å². The lowest BCUT2D eigenvalue weighted by Crippen LogP contribution is -2.34. The van der Waals surface area contributed by atoms with Gasteiger partial charge in [0.15, 0.2) is 5.69 Å². The van der Waals surface area contributed by atoms with E-state index < -0.39 is 0 Å². The zero-order chi connectivity index (χ0) is 17.8. The normalized spacial score (nSPS) is 24.7. The number of esters is 1. The lowest BCUT2D eigenvalue weighted by molar-refractivity contribution is 0.0518. The largest absolute Gasteiger partial charge is 0.461 e. The van der Waals surface area contributed by atoms with Gasteiger partial charge in [-0.15, -0.1) is 0 Å². The third kappa shape index (κ3) is 4.09. The highest BCUT2D eigenvalue weighted by molar-refractivity contribution is 5.90. The van der Waals surface area contributed by atoms with Gasteiger partial charge in [0.1, 0.15) is 11.6 Å². The predicted octanol–water partition coefficient (Wildman–Crippen LogP) is 3.84. The van der Waals surface area contributed by atoms with E-state index in [4.69, 9.17) is 4.74 Å². The van der Waals surface area contributed by atoms with Gasteiger partial charge >= 0.3 is 5.97 Å². The van der Waals surface area contributed by atoms with Gasteiger partial charge in [0.25, 0.3) is 0 Å². The highest BCUT2D eigenvalue weighted by atomic mass is 16.5. The number of carbonyl (C=O) groups excluding carboxylic acids is 1. The molecule has 0 bridgehead atoms. The van der Waals surface area contributed by atoms with Crippen molar-refractivity contribution < 1.29 is 9.53 Å². The van der Waals surface area contributed by atoms with Crippen molar-refractivity contribution >= 4 is 11.8 Å². The second-order valence-electron chi connectivity index (χ2n) is 7.00. The number of nitrogens with zero attached hydrogens (tertiary/aromatic N) is 2. The van der Waals surface area contributed by atoms with E-state index in [-0.39, 0.29) is 5.97 Å². The molecule has 0 amide bonds. The number of aryl methyl sites for hydroxylation is 1. The average Bonchev–Trinajstić information content (AvgIpc) is 2.57. The maximum atomic E-state index is 12.0. The van der Waals surface area contributed by atoms with Crippen LogP contribution in [0.5, 0.6) is 0 Å². The molecule has 3 rings (SSSR count). The van der Waals surface area contributed by atoms with Crippen molar-refractivity contribution in [2.45, 2.75) is 40.0 Å². The summed E-state index contributed by atoms with van der Waals surface area (Å²) in [6.07, 6.45) is 12.6. The van der Waals surface area contributed by atoms with Crippen LogP contribution in [0.2, 0.25) is 0 Å². The standard InChI is InChI=1S/C20H27N3O2/c1-4-25-20(24)18-13(2)19(23-14(3)22-18)21-12-15-10-17(11-15)16-8-6-5-7-9-16/h5-8,15-17H,4,9-12H2,1-3H3,(H,21,22,23). The van der Waals surface area contributed by atoms with E-state index in [0.29, 0.717) is 30.0 Å². The fourth-order valence-electron chi connectivity index (χ4n) is 3.69. The number of carbonyl (C=O) groups is 1. The molecule has 134 valence electrons. The number of hydrogen-bond donors (Lipinski definition) is 1. The molecule has 5 heteroatoms. The SMILES string of the molecule is CCOC(=O)c1nc(C)nc(NCC2CC(C3C=CC=CC3)C2)c1C. The van der Waals surface area contributed by atoms with Crippen molar-refractivity contribution in [2.75, 3.05) is 18.5 Å². The molecule has 1 atom stereocenters. The third-order valence-corrected chi connectivity index (χ3v) is 5.18. The van der Waals surface area contributed by atoms with Crippen LogP contribution < -0.4 is 5.32 Å². The highest BCUT2D eigenvalue weighted by Crippen LogP contribution is 2.41. The summed E-state index contributed by atoms with van der Waals surface area (Å²) in [4.78, 5) is 20.8. The van der Waals surface area contributed by atoms with Crippen LogP contribution in [0.15, 0.2) is 24.3 Å². The van der Waals surface area contributed by atoms with Crippen molar-refractivity contribution in [3.63, 3.8) is 0 Å². The van der Waals surface area contributed by atoms with Gasteiger partial charge in [-0.2, -0.15) is 0 Å². The van der Waals surface area contributed by atoms with Gasteiger partial charge in [0.2, 0.25) is 0 Å². The van der Waals surface area contributed by atoms with Gasteiger partial charge in [-0.3, -0.25) is 0 Å². The van der Waals surface area contributed by atoms with Crippen LogP contribution >= 0.6 is 0 Å². The molecule has 0 radical (unpaired) electrons. The number of anilines is 1. The molecule has 0 saturated heterocycles. The van der Waals surface area contributed by atoms with E-state index in [1.54, 1.807) is 13.8 Å². The van der Waals surface area contributed by atoms with Crippen molar-refractivity contribution in [3.8, 4) is 0 Å². The molecule has 0 spiro atoms. The maximum Gasteiger partial charge on any atom is 0.357 e. The Balaban J connectivity index is 1.56. The Kier molecular flexibility index (Phi) is 5.51. The molecule has 25 heavy (non-hydrogen) atoms. The topological polar surface area (TPSA) is 64.1 Å². The summed E-state index contributed by atoms with van der Waals surface area (Å²) in [5.41, 5.74) is 1.13. The summed E-state index contributed by atoms with van der Waals surface area (Å²) < 4.78 is 5.09. The monoisotopic (exact) mass is 341 g/mol. The number of hydrogen-bond acceptors (Lipinski definition) is 5. The molecule has 0 aliphatic heterocycles. The molecule has 1 fully saturated rings. The van der Waals surface area contributed by atoms with Crippen molar-refractivity contribution in [3.05, 3.63) is 41.4 Å². The van der Waals surface area contributed by atoms with E-state index in [1.165, 1.54) is 19.3 Å². The Morgan fingerprint density at radius 2 is 2.08 bits per heavy atom. The second kappa shape index (κ2) is 7.81. The fourth-order valence-corrected chi connectivity index (χ4v) is 3.69. The highest BCUT2D eigenvalue weighted by Gasteiger charge is 2.33. The van der Waals surface area contributed by atoms with Crippen molar-refractivity contribution in [1.82, 2.24) is 9.97 Å². The van der Waals surface area contributed by atoms with Gasteiger partial charge in [-0.05, 0) is 57.8 Å². The minimum Gasteiger partial charge on any atom is -0.461 e. The summed E-state index contributed by atoms with van der Waals surface area (Å²) in [6.45, 7) is 6.71. The molecule has 5 nitrogen and oxygen atoms in total. The maximum absolute atomic E-state index is 12.0. The Labute approximate surface area is 149 Å². The molecule has 1 N–H and O–H groups in total. The van der Waals surface area contributed by atoms with Crippen molar-refractivity contribution in [2.24, 2.45) is 17.8 Å². The molecule has 1 aromatic rings. The quantitative estimate of drug-likeness (QED) is 0.797. The molecule has 1 unspecified atom stereocenters. The number of aromatic nitrogens is 2. The first-order chi connectivity index (χ1) is 12.1. The second-order valence-corrected chi connectivity index (χ2v) is 7.00. The zero-order valence-electron chi connectivity index (χ0n) is 15.3. The Hall–Kier alpha value is -2.17. The van der Waals surface area contributed by atoms with Crippen LogP contribution in [0.4, 0.5) is 5.82 Å². The predicted molar refractivity (Wildman–Crippen MR) is 98.6 cm³/mol. The van der Waals surface area contributed by atoms with Gasteiger partial charge < -0.3 is 10.1 Å². The lowest BCUT2D eigenvalue weighted by atomic mass is 9.67. The first-order valence-electron chi connectivity index (χ1n) is 9.18. The van der Waals surface area contributed by atoms with Crippen LogP contribution in [0, 0.1) is 31.6 Å². The number of allylic oxidation sites excluding steroid dienone is 4. The first kappa shape index (κ1) is 17.6. The molecular formula is C20H27N3O2. The summed E-state index contributed by atoms with van der Waals surface area (Å²) in [5.74, 6) is 3.14. The van der Waals surface area contributed by atoms with E-state index in [0.717, 1.165) is 23.8 Å². The zero-order valence-corrected chi connectivity index (χ0v) is 15.3. The average molecular weight is 341 g/mol. The smallest absolute Gasteiger partial charge is 0.357 e. The molecule has 1 heterocycles. The third-order valence-electron chi connectivity index (χ3n) is 5.18. The molecular weight excluding hydrogens is 314 g/mol. The summed E-state index contributed by atoms with van der Waals surface area (Å²) in [5, 5.41) is 3.43. The summed E-state index contributed by atoms with van der Waals surface area (Å²) in [7, 11) is 0. The Bertz CT molecular complexity index is 690. The molecule has 0 aromatic carbocycles. The molecule has 2 aliphatic rings. The van der Waals surface area contributed by atoms with E-state index in [1.807, 2.05) is 6.92 Å². The van der Waals surface area contributed by atoms with Crippen LogP contribution in [0.3, 0.4) is 0 Å². The van der Waals surface area contributed by atoms with Gasteiger partial charge in [0.05, 0.1) is 6.61 Å². The number of rotatable bonds is 6. The van der Waals surface area contributed by atoms with Gasteiger partial charge in [0, 0.05) is 12.1 Å².